The zero-order valence-corrected chi connectivity index (χ0v) is 17.8. The quantitative estimate of drug-likeness (QED) is 0.418. The van der Waals surface area contributed by atoms with Crippen LogP contribution in [0.2, 0.25) is 0 Å². The van der Waals surface area contributed by atoms with Gasteiger partial charge in [-0.05, 0) is 49.2 Å². The first-order valence-corrected chi connectivity index (χ1v) is 9.92. The summed E-state index contributed by atoms with van der Waals surface area (Å²) in [5.74, 6) is 0.557. The number of carbonyl (C=O) groups excluding carboxylic acids is 2. The summed E-state index contributed by atoms with van der Waals surface area (Å²) in [6.45, 7) is 4.08. The summed E-state index contributed by atoms with van der Waals surface area (Å²) in [7, 11) is 1.76. The lowest BCUT2D eigenvalue weighted by molar-refractivity contribution is -0.118. The number of hydrogen-bond donors (Lipinski definition) is 1. The summed E-state index contributed by atoms with van der Waals surface area (Å²) in [4.78, 5) is 24.5. The molecular formula is C24H25N3O4. The van der Waals surface area contributed by atoms with Crippen LogP contribution in [-0.2, 0) is 11.8 Å². The van der Waals surface area contributed by atoms with Crippen LogP contribution >= 0.6 is 0 Å². The standard InChI is InChI=1S/C24H25N3O4/c1-4-30-23-13-18(9-11-21(28)19-14-25-27(3)15-19)10-12-22(23)31-16-24(29)26-20-8-6-5-7-17(20)2/h5-15H,4,16H2,1-3H3,(H,26,29)/b11-9+. The fourth-order valence-electron chi connectivity index (χ4n) is 2.88. The van der Waals surface area contributed by atoms with Crippen LogP contribution in [0.5, 0.6) is 11.5 Å². The smallest absolute Gasteiger partial charge is 0.262 e. The van der Waals surface area contributed by atoms with Gasteiger partial charge in [-0.25, -0.2) is 0 Å². The second kappa shape index (κ2) is 10.2. The SMILES string of the molecule is CCOc1cc(/C=C/C(=O)c2cnn(C)c2)ccc1OCC(=O)Nc1ccccc1C. The number of ether oxygens (including phenoxy) is 2. The first kappa shape index (κ1) is 21.8. The van der Waals surface area contributed by atoms with Crippen molar-refractivity contribution in [1.29, 1.82) is 0 Å². The Morgan fingerprint density at radius 2 is 1.94 bits per heavy atom. The molecule has 0 spiro atoms. The van der Waals surface area contributed by atoms with Crippen LogP contribution < -0.4 is 14.8 Å². The minimum atomic E-state index is -0.261. The highest BCUT2D eigenvalue weighted by molar-refractivity contribution is 6.06. The number of hydrogen-bond acceptors (Lipinski definition) is 5. The molecule has 1 N–H and O–H groups in total. The molecule has 0 aliphatic rings. The molecule has 31 heavy (non-hydrogen) atoms. The van der Waals surface area contributed by atoms with E-state index in [1.54, 1.807) is 42.2 Å². The number of anilines is 1. The number of nitrogens with zero attached hydrogens (tertiary/aromatic N) is 2. The highest BCUT2D eigenvalue weighted by atomic mass is 16.5. The maximum Gasteiger partial charge on any atom is 0.262 e. The maximum absolute atomic E-state index is 12.3. The molecule has 0 unspecified atom stereocenters. The van der Waals surface area contributed by atoms with E-state index in [9.17, 15) is 9.59 Å². The predicted octanol–water partition coefficient (Wildman–Crippen LogP) is 4.04. The monoisotopic (exact) mass is 419 g/mol. The Hall–Kier alpha value is -3.87. The van der Waals surface area contributed by atoms with E-state index >= 15 is 0 Å². The highest BCUT2D eigenvalue weighted by Gasteiger charge is 2.10. The molecule has 7 nitrogen and oxygen atoms in total. The zero-order valence-electron chi connectivity index (χ0n) is 17.8. The number of aromatic nitrogens is 2. The molecule has 0 saturated heterocycles. The van der Waals surface area contributed by atoms with E-state index in [-0.39, 0.29) is 18.3 Å². The van der Waals surface area contributed by atoms with Crippen LogP contribution in [0.25, 0.3) is 6.08 Å². The fourth-order valence-corrected chi connectivity index (χ4v) is 2.88. The minimum absolute atomic E-state index is 0.140. The number of rotatable bonds is 9. The first-order valence-electron chi connectivity index (χ1n) is 9.92. The summed E-state index contributed by atoms with van der Waals surface area (Å²) in [6.07, 6.45) is 6.37. The molecule has 0 radical (unpaired) electrons. The van der Waals surface area contributed by atoms with Gasteiger partial charge >= 0.3 is 0 Å². The normalized spacial score (nSPS) is 10.8. The average molecular weight is 419 g/mol. The lowest BCUT2D eigenvalue weighted by Crippen LogP contribution is -2.20. The number of ketones is 1. The number of aryl methyl sites for hydroxylation is 2. The van der Waals surface area contributed by atoms with Crippen LogP contribution in [-0.4, -0.2) is 34.7 Å². The summed E-state index contributed by atoms with van der Waals surface area (Å²) < 4.78 is 12.9. The number of amides is 1. The molecule has 0 saturated carbocycles. The minimum Gasteiger partial charge on any atom is -0.490 e. The van der Waals surface area contributed by atoms with E-state index in [1.807, 2.05) is 38.1 Å². The van der Waals surface area contributed by atoms with Gasteiger partial charge in [-0.3, -0.25) is 14.3 Å². The van der Waals surface area contributed by atoms with E-state index in [0.717, 1.165) is 16.8 Å². The van der Waals surface area contributed by atoms with Crippen LogP contribution in [0.4, 0.5) is 5.69 Å². The van der Waals surface area contributed by atoms with Crippen molar-refractivity contribution in [3.8, 4) is 11.5 Å². The number of nitrogens with one attached hydrogen (secondary N) is 1. The topological polar surface area (TPSA) is 82.4 Å². The van der Waals surface area contributed by atoms with Crippen molar-refractivity contribution in [2.45, 2.75) is 13.8 Å². The molecular weight excluding hydrogens is 394 g/mol. The highest BCUT2D eigenvalue weighted by Crippen LogP contribution is 2.29. The number of carbonyl (C=O) groups is 2. The molecule has 0 atom stereocenters. The third-order valence-electron chi connectivity index (χ3n) is 4.46. The Kier molecular flexibility index (Phi) is 7.22. The Bertz CT molecular complexity index is 1100. The lowest BCUT2D eigenvalue weighted by atomic mass is 10.1. The Balaban J connectivity index is 1.65. The molecule has 1 heterocycles. The van der Waals surface area contributed by atoms with Crippen LogP contribution in [0, 0.1) is 6.92 Å². The van der Waals surface area contributed by atoms with Gasteiger partial charge in [-0.2, -0.15) is 5.10 Å². The molecule has 1 aromatic heterocycles. The average Bonchev–Trinajstić information content (AvgIpc) is 3.19. The Morgan fingerprint density at radius 1 is 1.13 bits per heavy atom. The van der Waals surface area contributed by atoms with Crippen molar-refractivity contribution in [1.82, 2.24) is 9.78 Å². The molecule has 0 aliphatic heterocycles. The van der Waals surface area contributed by atoms with Crippen molar-refractivity contribution in [3.05, 3.63) is 77.6 Å². The summed E-state index contributed by atoms with van der Waals surface area (Å²) >= 11 is 0. The van der Waals surface area contributed by atoms with Crippen LogP contribution in [0.15, 0.2) is 60.9 Å². The van der Waals surface area contributed by atoms with Gasteiger partial charge in [0.1, 0.15) is 0 Å². The summed E-state index contributed by atoms with van der Waals surface area (Å²) in [5.41, 5.74) is 3.02. The van der Waals surface area contributed by atoms with E-state index in [2.05, 4.69) is 10.4 Å². The molecule has 1 amide bonds. The summed E-state index contributed by atoms with van der Waals surface area (Å²) in [5, 5.41) is 6.83. The number of para-hydroxylation sites is 1. The zero-order chi connectivity index (χ0) is 22.2. The van der Waals surface area contributed by atoms with Crippen molar-refractivity contribution >= 4 is 23.5 Å². The van der Waals surface area contributed by atoms with E-state index in [4.69, 9.17) is 9.47 Å². The first-order chi connectivity index (χ1) is 15.0. The third kappa shape index (κ3) is 6.05. The molecule has 0 fully saturated rings. The van der Waals surface area contributed by atoms with Crippen LogP contribution in [0.1, 0.15) is 28.4 Å². The number of benzene rings is 2. The van der Waals surface area contributed by atoms with Gasteiger partial charge in [0.2, 0.25) is 0 Å². The fraction of sp³-hybridized carbons (Fsp3) is 0.208. The second-order valence-electron chi connectivity index (χ2n) is 6.89. The Morgan fingerprint density at radius 3 is 2.65 bits per heavy atom. The van der Waals surface area contributed by atoms with Crippen molar-refractivity contribution in [3.63, 3.8) is 0 Å². The molecule has 3 aromatic rings. The Labute approximate surface area is 181 Å². The van der Waals surface area contributed by atoms with Crippen molar-refractivity contribution in [2.24, 2.45) is 7.05 Å². The molecule has 0 aliphatic carbocycles. The molecule has 3 rings (SSSR count). The predicted molar refractivity (Wildman–Crippen MR) is 119 cm³/mol. The van der Waals surface area contributed by atoms with E-state index in [0.29, 0.717) is 23.7 Å². The van der Waals surface area contributed by atoms with E-state index in [1.165, 1.54) is 12.3 Å². The van der Waals surface area contributed by atoms with Gasteiger partial charge in [0.15, 0.2) is 23.9 Å². The van der Waals surface area contributed by atoms with Crippen LogP contribution in [0.3, 0.4) is 0 Å². The summed E-state index contributed by atoms with van der Waals surface area (Å²) in [6, 6.07) is 12.8. The maximum atomic E-state index is 12.3. The third-order valence-corrected chi connectivity index (χ3v) is 4.46. The van der Waals surface area contributed by atoms with Gasteiger partial charge in [0, 0.05) is 18.9 Å². The number of allylic oxidation sites excluding steroid dienone is 1. The molecule has 2 aromatic carbocycles. The molecule has 7 heteroatoms. The van der Waals surface area contributed by atoms with E-state index < -0.39 is 0 Å². The van der Waals surface area contributed by atoms with Crippen molar-refractivity contribution in [2.75, 3.05) is 18.5 Å². The van der Waals surface area contributed by atoms with Gasteiger partial charge in [-0.1, -0.05) is 30.3 Å². The molecule has 0 bridgehead atoms. The van der Waals surface area contributed by atoms with Crippen molar-refractivity contribution < 1.29 is 19.1 Å². The van der Waals surface area contributed by atoms with Gasteiger partial charge in [0.05, 0.1) is 18.4 Å². The van der Waals surface area contributed by atoms with Gasteiger partial charge < -0.3 is 14.8 Å². The largest absolute Gasteiger partial charge is 0.490 e. The van der Waals surface area contributed by atoms with Gasteiger partial charge in [-0.15, -0.1) is 0 Å². The second-order valence-corrected chi connectivity index (χ2v) is 6.89. The lowest BCUT2D eigenvalue weighted by Gasteiger charge is -2.13. The van der Waals surface area contributed by atoms with Gasteiger partial charge in [0.25, 0.3) is 5.91 Å². The molecule has 160 valence electrons.